The molecule has 102 valence electrons. The van der Waals surface area contributed by atoms with Crippen LogP contribution in [0.1, 0.15) is 16.1 Å². The fraction of sp³-hybridized carbons (Fsp3) is 0.0833. The summed E-state index contributed by atoms with van der Waals surface area (Å²) in [6.45, 7) is 1.73. The standard InChI is InChI=1S/C12H9ClN4O3/c1-7-2-3-8(17(19)20)4-9(7)16-12(18)10-5-14-6-11(13)15-10/h2-6H,1H3,(H,16,18). The molecule has 0 fully saturated rings. The normalized spacial score (nSPS) is 10.1. The Bertz CT molecular complexity index is 690. The quantitative estimate of drug-likeness (QED) is 0.692. The largest absolute Gasteiger partial charge is 0.320 e. The Morgan fingerprint density at radius 3 is 2.80 bits per heavy atom. The monoisotopic (exact) mass is 292 g/mol. The predicted octanol–water partition coefficient (Wildman–Crippen LogP) is 2.60. The SMILES string of the molecule is Cc1ccc([N+](=O)[O-])cc1NC(=O)c1cncc(Cl)n1. The fourth-order valence-corrected chi connectivity index (χ4v) is 1.64. The minimum absolute atomic E-state index is 0.0309. The van der Waals surface area contributed by atoms with E-state index in [0.29, 0.717) is 11.3 Å². The Morgan fingerprint density at radius 2 is 2.15 bits per heavy atom. The summed E-state index contributed by atoms with van der Waals surface area (Å²) >= 11 is 5.65. The molecule has 0 saturated heterocycles. The van der Waals surface area contributed by atoms with Gasteiger partial charge in [-0.05, 0) is 12.5 Å². The molecule has 0 spiro atoms. The third kappa shape index (κ3) is 3.07. The Balaban J connectivity index is 2.27. The molecule has 0 aliphatic heterocycles. The second-order valence-corrected chi connectivity index (χ2v) is 4.32. The summed E-state index contributed by atoms with van der Waals surface area (Å²) in [6.07, 6.45) is 2.56. The van der Waals surface area contributed by atoms with Crippen molar-refractivity contribution in [2.45, 2.75) is 6.92 Å². The number of nitrogens with zero attached hydrogens (tertiary/aromatic N) is 3. The Hall–Kier alpha value is -2.54. The lowest BCUT2D eigenvalue weighted by Gasteiger charge is -2.07. The maximum Gasteiger partial charge on any atom is 0.275 e. The first kappa shape index (κ1) is 13.9. The minimum Gasteiger partial charge on any atom is -0.320 e. The number of nitro benzene ring substituents is 1. The van der Waals surface area contributed by atoms with Crippen molar-refractivity contribution in [2.75, 3.05) is 5.32 Å². The van der Waals surface area contributed by atoms with Crippen molar-refractivity contribution in [3.63, 3.8) is 0 Å². The van der Waals surface area contributed by atoms with E-state index in [4.69, 9.17) is 11.6 Å². The van der Waals surface area contributed by atoms with Gasteiger partial charge in [0.05, 0.1) is 23.0 Å². The second-order valence-electron chi connectivity index (χ2n) is 3.94. The first-order valence-electron chi connectivity index (χ1n) is 5.51. The van der Waals surface area contributed by atoms with Gasteiger partial charge in [-0.2, -0.15) is 0 Å². The third-order valence-corrected chi connectivity index (χ3v) is 2.70. The summed E-state index contributed by atoms with van der Waals surface area (Å²) in [5.74, 6) is -0.538. The van der Waals surface area contributed by atoms with E-state index in [-0.39, 0.29) is 16.5 Å². The number of carbonyl (C=O) groups excluding carboxylic acids is 1. The maximum absolute atomic E-state index is 12.0. The van der Waals surface area contributed by atoms with E-state index in [1.54, 1.807) is 13.0 Å². The van der Waals surface area contributed by atoms with Crippen molar-refractivity contribution < 1.29 is 9.72 Å². The van der Waals surface area contributed by atoms with E-state index < -0.39 is 10.8 Å². The van der Waals surface area contributed by atoms with Crippen LogP contribution >= 0.6 is 11.6 Å². The smallest absolute Gasteiger partial charge is 0.275 e. The number of benzene rings is 1. The lowest BCUT2D eigenvalue weighted by molar-refractivity contribution is -0.384. The number of halogens is 1. The molecule has 1 amide bonds. The molecule has 0 aliphatic carbocycles. The van der Waals surface area contributed by atoms with Crippen LogP contribution in [-0.4, -0.2) is 20.8 Å². The van der Waals surface area contributed by atoms with E-state index in [1.807, 2.05) is 0 Å². The highest BCUT2D eigenvalue weighted by Gasteiger charge is 2.13. The molecule has 0 unspecified atom stereocenters. The number of amides is 1. The molecule has 0 atom stereocenters. The van der Waals surface area contributed by atoms with E-state index >= 15 is 0 Å². The summed E-state index contributed by atoms with van der Waals surface area (Å²) in [4.78, 5) is 29.7. The highest BCUT2D eigenvalue weighted by atomic mass is 35.5. The number of nitrogens with one attached hydrogen (secondary N) is 1. The van der Waals surface area contributed by atoms with Crippen LogP contribution in [0.25, 0.3) is 0 Å². The van der Waals surface area contributed by atoms with Gasteiger partial charge in [0.2, 0.25) is 0 Å². The molecule has 1 aromatic carbocycles. The van der Waals surface area contributed by atoms with Gasteiger partial charge in [0, 0.05) is 12.1 Å². The number of rotatable bonds is 3. The van der Waals surface area contributed by atoms with Crippen LogP contribution in [0.5, 0.6) is 0 Å². The van der Waals surface area contributed by atoms with Crippen LogP contribution in [0.15, 0.2) is 30.6 Å². The van der Waals surface area contributed by atoms with Crippen molar-refractivity contribution in [1.82, 2.24) is 9.97 Å². The first-order valence-corrected chi connectivity index (χ1v) is 5.89. The number of hydrogen-bond acceptors (Lipinski definition) is 5. The average Bonchev–Trinajstić information content (AvgIpc) is 2.41. The van der Waals surface area contributed by atoms with Crippen LogP contribution in [0.3, 0.4) is 0 Å². The number of aryl methyl sites for hydroxylation is 1. The Morgan fingerprint density at radius 1 is 1.40 bits per heavy atom. The molecule has 7 nitrogen and oxygen atoms in total. The number of anilines is 1. The number of aromatic nitrogens is 2. The van der Waals surface area contributed by atoms with Crippen molar-refractivity contribution >= 4 is 28.9 Å². The zero-order valence-corrected chi connectivity index (χ0v) is 11.1. The van der Waals surface area contributed by atoms with Crippen molar-refractivity contribution in [3.8, 4) is 0 Å². The fourth-order valence-electron chi connectivity index (χ4n) is 1.50. The molecule has 2 rings (SSSR count). The summed E-state index contributed by atoms with van der Waals surface area (Å²) in [7, 11) is 0. The van der Waals surface area contributed by atoms with E-state index in [2.05, 4.69) is 15.3 Å². The highest BCUT2D eigenvalue weighted by Crippen LogP contribution is 2.22. The van der Waals surface area contributed by atoms with Crippen molar-refractivity contribution in [3.05, 3.63) is 57.1 Å². The molecule has 0 bridgehead atoms. The van der Waals surface area contributed by atoms with E-state index in [0.717, 1.165) is 0 Å². The molecule has 2 aromatic rings. The summed E-state index contributed by atoms with van der Waals surface area (Å²) < 4.78 is 0. The van der Waals surface area contributed by atoms with Crippen LogP contribution in [-0.2, 0) is 0 Å². The average molecular weight is 293 g/mol. The molecule has 0 radical (unpaired) electrons. The molecule has 1 N–H and O–H groups in total. The number of non-ortho nitro benzene ring substituents is 1. The number of hydrogen-bond donors (Lipinski definition) is 1. The summed E-state index contributed by atoms with van der Waals surface area (Å²) in [6, 6.07) is 4.20. The second kappa shape index (κ2) is 5.62. The van der Waals surface area contributed by atoms with Gasteiger partial charge < -0.3 is 5.32 Å². The van der Waals surface area contributed by atoms with Gasteiger partial charge in [-0.25, -0.2) is 4.98 Å². The molecule has 8 heteroatoms. The molecular weight excluding hydrogens is 284 g/mol. The highest BCUT2D eigenvalue weighted by molar-refractivity contribution is 6.29. The maximum atomic E-state index is 12.0. The van der Waals surface area contributed by atoms with Gasteiger partial charge in [-0.15, -0.1) is 0 Å². The van der Waals surface area contributed by atoms with Crippen molar-refractivity contribution in [2.24, 2.45) is 0 Å². The van der Waals surface area contributed by atoms with Gasteiger partial charge >= 0.3 is 0 Å². The number of nitro groups is 1. The molecule has 1 aromatic heterocycles. The molecule has 0 saturated carbocycles. The van der Waals surface area contributed by atoms with Crippen LogP contribution in [0.2, 0.25) is 5.15 Å². The molecule has 20 heavy (non-hydrogen) atoms. The minimum atomic E-state index is -0.538. The van der Waals surface area contributed by atoms with E-state index in [9.17, 15) is 14.9 Å². The van der Waals surface area contributed by atoms with Gasteiger partial charge in [0.1, 0.15) is 10.8 Å². The zero-order valence-electron chi connectivity index (χ0n) is 10.3. The van der Waals surface area contributed by atoms with Gasteiger partial charge in [0.25, 0.3) is 11.6 Å². The lowest BCUT2D eigenvalue weighted by Crippen LogP contribution is -2.15. The third-order valence-electron chi connectivity index (χ3n) is 2.52. The summed E-state index contributed by atoms with van der Waals surface area (Å²) in [5, 5.41) is 13.4. The molecule has 1 heterocycles. The van der Waals surface area contributed by atoms with Gasteiger partial charge in [-0.3, -0.25) is 19.9 Å². The zero-order chi connectivity index (χ0) is 14.7. The topological polar surface area (TPSA) is 98.0 Å². The predicted molar refractivity (Wildman–Crippen MR) is 72.8 cm³/mol. The Kier molecular flexibility index (Phi) is 3.90. The van der Waals surface area contributed by atoms with Gasteiger partial charge in [-0.1, -0.05) is 17.7 Å². The van der Waals surface area contributed by atoms with Crippen molar-refractivity contribution in [1.29, 1.82) is 0 Å². The molecular formula is C12H9ClN4O3. The first-order chi connectivity index (χ1) is 9.47. The van der Waals surface area contributed by atoms with Crippen LogP contribution in [0, 0.1) is 17.0 Å². The number of carbonyl (C=O) groups is 1. The Labute approximate surface area is 118 Å². The van der Waals surface area contributed by atoms with Crippen LogP contribution in [0.4, 0.5) is 11.4 Å². The molecule has 0 aliphatic rings. The van der Waals surface area contributed by atoms with E-state index in [1.165, 1.54) is 24.5 Å². The summed E-state index contributed by atoms with van der Waals surface area (Å²) in [5.41, 5.74) is 0.955. The lowest BCUT2D eigenvalue weighted by atomic mass is 10.2. The van der Waals surface area contributed by atoms with Gasteiger partial charge in [0.15, 0.2) is 0 Å². The van der Waals surface area contributed by atoms with Crippen LogP contribution < -0.4 is 5.32 Å².